The Labute approximate surface area is 147 Å². The van der Waals surface area contributed by atoms with Gasteiger partial charge in [-0.05, 0) is 48.7 Å². The summed E-state index contributed by atoms with van der Waals surface area (Å²) in [4.78, 5) is 5.02. The molecule has 128 valence electrons. The highest BCUT2D eigenvalue weighted by atomic mass is 16.6. The van der Waals surface area contributed by atoms with E-state index in [1.165, 1.54) is 12.7 Å². The molecule has 0 radical (unpaired) electrons. The number of oxime groups is 1. The average Bonchev–Trinajstić information content (AvgIpc) is 3.15. The molecule has 0 fully saturated rings. The van der Waals surface area contributed by atoms with Crippen LogP contribution in [0.15, 0.2) is 70.4 Å². The third-order valence-electron chi connectivity index (χ3n) is 3.94. The van der Waals surface area contributed by atoms with Crippen molar-refractivity contribution in [3.63, 3.8) is 0 Å². The number of hydrogen-bond donors (Lipinski definition) is 0. The lowest BCUT2D eigenvalue weighted by molar-refractivity contribution is 0.213. The van der Waals surface area contributed by atoms with Crippen molar-refractivity contribution < 1.29 is 14.0 Å². The van der Waals surface area contributed by atoms with Gasteiger partial charge in [-0.2, -0.15) is 0 Å². The Morgan fingerprint density at radius 2 is 1.88 bits per heavy atom. The van der Waals surface area contributed by atoms with Crippen molar-refractivity contribution in [1.82, 2.24) is 0 Å². The Morgan fingerprint density at radius 1 is 1.04 bits per heavy atom. The van der Waals surface area contributed by atoms with Gasteiger partial charge in [0.1, 0.15) is 19.5 Å². The zero-order valence-electron chi connectivity index (χ0n) is 14.7. The first kappa shape index (κ1) is 16.8. The molecule has 3 rings (SSSR count). The second kappa shape index (κ2) is 7.71. The molecule has 0 amide bonds. The van der Waals surface area contributed by atoms with Crippen molar-refractivity contribution in [2.75, 3.05) is 7.11 Å². The monoisotopic (exact) mass is 335 g/mol. The Hall–Kier alpha value is -3.01. The second-order valence-corrected chi connectivity index (χ2v) is 5.81. The number of aryl methyl sites for hydroxylation is 2. The summed E-state index contributed by atoms with van der Waals surface area (Å²) in [6, 6.07) is 17.8. The maximum Gasteiger partial charge on any atom is 0.156 e. The number of furan rings is 1. The summed E-state index contributed by atoms with van der Waals surface area (Å²) >= 11 is 0. The van der Waals surface area contributed by atoms with Gasteiger partial charge in [-0.1, -0.05) is 41.6 Å². The van der Waals surface area contributed by atoms with Crippen LogP contribution < -0.4 is 4.74 Å². The molecule has 0 atom stereocenters. The maximum absolute atomic E-state index is 6.06. The molecule has 0 N–H and O–H groups in total. The summed E-state index contributed by atoms with van der Waals surface area (Å²) in [5, 5.41) is 4.15. The Bertz CT molecular complexity index is 867. The molecule has 4 nitrogen and oxygen atoms in total. The van der Waals surface area contributed by atoms with Gasteiger partial charge in [-0.25, -0.2) is 0 Å². The first-order valence-corrected chi connectivity index (χ1v) is 8.12. The molecule has 3 aromatic rings. The number of rotatable bonds is 6. The fraction of sp³-hybridized carbons (Fsp3) is 0.190. The lowest BCUT2D eigenvalue weighted by Gasteiger charge is -2.13. The molecule has 25 heavy (non-hydrogen) atoms. The number of nitrogens with zero attached hydrogens (tertiary/aromatic N) is 1. The molecule has 2 aromatic carbocycles. The van der Waals surface area contributed by atoms with Gasteiger partial charge in [-0.15, -0.1) is 0 Å². The molecular weight excluding hydrogens is 314 g/mol. The predicted molar refractivity (Wildman–Crippen MR) is 98.0 cm³/mol. The van der Waals surface area contributed by atoms with E-state index in [-0.39, 0.29) is 0 Å². The lowest BCUT2D eigenvalue weighted by atomic mass is 10.0. The SMILES string of the molecule is CO/N=C(\c1ccco1)c1ccccc1COc1cc(C)ccc1C. The third-order valence-corrected chi connectivity index (χ3v) is 3.94. The zero-order valence-corrected chi connectivity index (χ0v) is 14.7. The van der Waals surface area contributed by atoms with Crippen LogP contribution >= 0.6 is 0 Å². The van der Waals surface area contributed by atoms with Crippen LogP contribution in [0.4, 0.5) is 0 Å². The summed E-state index contributed by atoms with van der Waals surface area (Å²) in [7, 11) is 1.53. The van der Waals surface area contributed by atoms with Gasteiger partial charge < -0.3 is 14.0 Å². The first-order valence-electron chi connectivity index (χ1n) is 8.12. The van der Waals surface area contributed by atoms with Gasteiger partial charge in [0, 0.05) is 5.56 Å². The van der Waals surface area contributed by atoms with Crippen molar-refractivity contribution in [3.05, 3.63) is 88.9 Å². The van der Waals surface area contributed by atoms with Crippen LogP contribution in [-0.2, 0) is 11.4 Å². The fourth-order valence-corrected chi connectivity index (χ4v) is 2.63. The van der Waals surface area contributed by atoms with Gasteiger partial charge >= 0.3 is 0 Å². The van der Waals surface area contributed by atoms with Crippen molar-refractivity contribution >= 4 is 5.71 Å². The largest absolute Gasteiger partial charge is 0.489 e. The number of benzene rings is 2. The minimum Gasteiger partial charge on any atom is -0.489 e. The fourth-order valence-electron chi connectivity index (χ4n) is 2.63. The summed E-state index contributed by atoms with van der Waals surface area (Å²) in [5.41, 5.74) is 4.86. The summed E-state index contributed by atoms with van der Waals surface area (Å²) in [6.07, 6.45) is 1.62. The molecule has 0 aliphatic heterocycles. The minimum atomic E-state index is 0.434. The van der Waals surface area contributed by atoms with E-state index in [1.54, 1.807) is 6.26 Å². The molecule has 0 unspecified atom stereocenters. The van der Waals surface area contributed by atoms with Crippen molar-refractivity contribution in [1.29, 1.82) is 0 Å². The Balaban J connectivity index is 1.90. The van der Waals surface area contributed by atoms with E-state index < -0.39 is 0 Å². The molecule has 0 aliphatic carbocycles. The smallest absolute Gasteiger partial charge is 0.156 e. The predicted octanol–water partition coefficient (Wildman–Crippen LogP) is 4.87. The van der Waals surface area contributed by atoms with Crippen LogP contribution in [0.3, 0.4) is 0 Å². The normalized spacial score (nSPS) is 11.4. The third kappa shape index (κ3) is 3.91. The van der Waals surface area contributed by atoms with Crippen molar-refractivity contribution in [2.45, 2.75) is 20.5 Å². The highest BCUT2D eigenvalue weighted by Crippen LogP contribution is 2.22. The quantitative estimate of drug-likeness (QED) is 0.476. The van der Waals surface area contributed by atoms with Crippen molar-refractivity contribution in [2.24, 2.45) is 5.16 Å². The standard InChI is InChI=1S/C21H21NO3/c1-15-10-11-16(2)20(13-15)25-14-17-7-4-5-8-18(17)21(22-23-3)19-9-6-12-24-19/h4-13H,14H2,1-3H3/b22-21-. The molecule has 0 saturated carbocycles. The van der Waals surface area contributed by atoms with Crippen LogP contribution in [0.25, 0.3) is 0 Å². The van der Waals surface area contributed by atoms with Crippen LogP contribution in [0.5, 0.6) is 5.75 Å². The van der Waals surface area contributed by atoms with E-state index in [2.05, 4.69) is 30.3 Å². The van der Waals surface area contributed by atoms with E-state index in [9.17, 15) is 0 Å². The first-order chi connectivity index (χ1) is 12.2. The van der Waals surface area contributed by atoms with Crippen LogP contribution in [0.2, 0.25) is 0 Å². The molecule has 0 spiro atoms. The van der Waals surface area contributed by atoms with Gasteiger partial charge in [0.05, 0.1) is 6.26 Å². The zero-order chi connectivity index (χ0) is 17.6. The molecule has 4 heteroatoms. The van der Waals surface area contributed by atoms with Crippen LogP contribution in [-0.4, -0.2) is 12.8 Å². The van der Waals surface area contributed by atoms with E-state index in [0.717, 1.165) is 22.4 Å². The summed E-state index contributed by atoms with van der Waals surface area (Å²) in [6.45, 7) is 4.53. The maximum atomic E-state index is 6.06. The van der Waals surface area contributed by atoms with Gasteiger partial charge in [0.15, 0.2) is 11.5 Å². The van der Waals surface area contributed by atoms with E-state index in [4.69, 9.17) is 14.0 Å². The topological polar surface area (TPSA) is 44.0 Å². The average molecular weight is 335 g/mol. The van der Waals surface area contributed by atoms with Crippen LogP contribution in [0.1, 0.15) is 28.0 Å². The van der Waals surface area contributed by atoms with Gasteiger partial charge in [-0.3, -0.25) is 0 Å². The highest BCUT2D eigenvalue weighted by molar-refractivity contribution is 6.11. The Morgan fingerprint density at radius 3 is 2.64 bits per heavy atom. The minimum absolute atomic E-state index is 0.434. The highest BCUT2D eigenvalue weighted by Gasteiger charge is 2.15. The molecule has 0 saturated heterocycles. The summed E-state index contributed by atoms with van der Waals surface area (Å²) in [5.74, 6) is 1.54. The Kier molecular flexibility index (Phi) is 5.19. The second-order valence-electron chi connectivity index (χ2n) is 5.81. The molecule has 1 heterocycles. The number of hydrogen-bond acceptors (Lipinski definition) is 4. The number of ether oxygens (including phenoxy) is 1. The summed E-state index contributed by atoms with van der Waals surface area (Å²) < 4.78 is 11.6. The van der Waals surface area contributed by atoms with E-state index in [1.807, 2.05) is 43.3 Å². The van der Waals surface area contributed by atoms with Crippen molar-refractivity contribution in [3.8, 4) is 5.75 Å². The van der Waals surface area contributed by atoms with Gasteiger partial charge in [0.25, 0.3) is 0 Å². The lowest BCUT2D eigenvalue weighted by Crippen LogP contribution is -2.09. The molecule has 0 bridgehead atoms. The van der Waals surface area contributed by atoms with E-state index in [0.29, 0.717) is 18.1 Å². The molecule has 0 aliphatic rings. The molecular formula is C21H21NO3. The van der Waals surface area contributed by atoms with E-state index >= 15 is 0 Å². The van der Waals surface area contributed by atoms with Gasteiger partial charge in [0.2, 0.25) is 0 Å². The molecule has 1 aromatic heterocycles. The van der Waals surface area contributed by atoms with Crippen LogP contribution in [0, 0.1) is 13.8 Å².